The van der Waals surface area contributed by atoms with Crippen molar-refractivity contribution in [3.8, 4) is 5.69 Å². The highest BCUT2D eigenvalue weighted by atomic mass is 19.3. The predicted molar refractivity (Wildman–Crippen MR) is 88.8 cm³/mol. The van der Waals surface area contributed by atoms with Crippen LogP contribution < -0.4 is 0 Å². The maximum absolute atomic E-state index is 14.2. The van der Waals surface area contributed by atoms with Crippen molar-refractivity contribution in [3.63, 3.8) is 0 Å². The van der Waals surface area contributed by atoms with Crippen LogP contribution in [0.25, 0.3) is 5.69 Å². The largest absolute Gasteiger partial charge is 0.315 e. The minimum Gasteiger partial charge on any atom is -0.315 e. The maximum atomic E-state index is 14.2. The van der Waals surface area contributed by atoms with Gasteiger partial charge in [0.05, 0.1) is 23.6 Å². The molecule has 1 aliphatic heterocycles. The van der Waals surface area contributed by atoms with Crippen LogP contribution in [-0.4, -0.2) is 15.3 Å². The topological polar surface area (TPSA) is 30.2 Å². The Morgan fingerprint density at radius 2 is 1.92 bits per heavy atom. The Hall–Kier alpha value is -2.96. The molecule has 4 rings (SSSR count). The van der Waals surface area contributed by atoms with Crippen molar-refractivity contribution >= 4 is 5.71 Å². The SMILES string of the molecule is CC(F)(F)c1ccc(C2=NCc3c(F)cc(F)cc3-n3cccc32)cn1. The lowest BCUT2D eigenvalue weighted by Crippen LogP contribution is -2.12. The molecule has 132 valence electrons. The fourth-order valence-electron chi connectivity index (χ4n) is 3.02. The summed E-state index contributed by atoms with van der Waals surface area (Å²) in [6, 6.07) is 8.29. The van der Waals surface area contributed by atoms with Gasteiger partial charge in [-0.1, -0.05) is 0 Å². The van der Waals surface area contributed by atoms with Gasteiger partial charge in [0.1, 0.15) is 17.3 Å². The van der Waals surface area contributed by atoms with Gasteiger partial charge in [0.25, 0.3) is 5.92 Å². The number of nitrogens with zero attached hydrogens (tertiary/aromatic N) is 3. The third-order valence-corrected chi connectivity index (χ3v) is 4.27. The van der Waals surface area contributed by atoms with Gasteiger partial charge in [-0.2, -0.15) is 8.78 Å². The zero-order chi connectivity index (χ0) is 18.5. The third kappa shape index (κ3) is 2.69. The predicted octanol–water partition coefficient (Wildman–Crippen LogP) is 4.61. The summed E-state index contributed by atoms with van der Waals surface area (Å²) >= 11 is 0. The summed E-state index contributed by atoms with van der Waals surface area (Å²) < 4.78 is 56.3. The van der Waals surface area contributed by atoms with Crippen LogP contribution in [0.2, 0.25) is 0 Å². The summed E-state index contributed by atoms with van der Waals surface area (Å²) in [5.41, 5.74) is 1.89. The van der Waals surface area contributed by atoms with Crippen molar-refractivity contribution in [2.24, 2.45) is 4.99 Å². The van der Waals surface area contributed by atoms with Gasteiger partial charge in [-0.25, -0.2) is 8.78 Å². The quantitative estimate of drug-likeness (QED) is 0.615. The molecule has 7 heteroatoms. The Kier molecular flexibility index (Phi) is 3.68. The maximum Gasteiger partial charge on any atom is 0.286 e. The van der Waals surface area contributed by atoms with Gasteiger partial charge in [0.15, 0.2) is 0 Å². The number of benzene rings is 1. The molecule has 0 saturated carbocycles. The summed E-state index contributed by atoms with van der Waals surface area (Å²) in [4.78, 5) is 8.26. The Morgan fingerprint density at radius 3 is 2.62 bits per heavy atom. The molecule has 0 bridgehead atoms. The second-order valence-electron chi connectivity index (χ2n) is 6.13. The monoisotopic (exact) mass is 359 g/mol. The molecule has 1 aromatic carbocycles. The standard InChI is InChI=1S/C19H13F4N3/c1-19(22,23)17-5-4-11(9-24-17)18-15-3-2-6-26(15)16-8-12(20)7-14(21)13(16)10-25-18/h2-9H,10H2,1H3. The Bertz CT molecular complexity index is 1010. The molecule has 0 spiro atoms. The first-order valence-corrected chi connectivity index (χ1v) is 7.90. The van der Waals surface area contributed by atoms with E-state index in [1.165, 1.54) is 24.4 Å². The molecule has 0 amide bonds. The summed E-state index contributed by atoms with van der Waals surface area (Å²) in [5, 5.41) is 0. The van der Waals surface area contributed by atoms with E-state index in [0.717, 1.165) is 13.0 Å². The van der Waals surface area contributed by atoms with E-state index in [2.05, 4.69) is 9.98 Å². The fraction of sp³-hybridized carbons (Fsp3) is 0.158. The number of alkyl halides is 2. The van der Waals surface area contributed by atoms with E-state index >= 15 is 0 Å². The van der Waals surface area contributed by atoms with Gasteiger partial charge < -0.3 is 4.57 Å². The lowest BCUT2D eigenvalue weighted by atomic mass is 10.1. The molecule has 0 atom stereocenters. The van der Waals surface area contributed by atoms with E-state index in [9.17, 15) is 17.6 Å². The van der Waals surface area contributed by atoms with Gasteiger partial charge >= 0.3 is 0 Å². The molecule has 26 heavy (non-hydrogen) atoms. The van der Waals surface area contributed by atoms with Crippen molar-refractivity contribution < 1.29 is 17.6 Å². The second kappa shape index (κ2) is 5.79. The highest BCUT2D eigenvalue weighted by Crippen LogP contribution is 2.29. The molecule has 0 radical (unpaired) electrons. The van der Waals surface area contributed by atoms with E-state index in [1.54, 1.807) is 22.9 Å². The molecule has 3 heterocycles. The molecule has 0 aliphatic carbocycles. The van der Waals surface area contributed by atoms with Crippen LogP contribution in [0.4, 0.5) is 17.6 Å². The highest BCUT2D eigenvalue weighted by molar-refractivity contribution is 6.12. The zero-order valence-electron chi connectivity index (χ0n) is 13.7. The number of fused-ring (bicyclic) bond motifs is 3. The summed E-state index contributed by atoms with van der Waals surface area (Å²) in [6.45, 7) is 0.779. The highest BCUT2D eigenvalue weighted by Gasteiger charge is 2.27. The molecule has 2 aromatic heterocycles. The summed E-state index contributed by atoms with van der Waals surface area (Å²) in [5.74, 6) is -4.40. The number of pyridine rings is 1. The van der Waals surface area contributed by atoms with Crippen LogP contribution in [0.5, 0.6) is 0 Å². The van der Waals surface area contributed by atoms with Gasteiger partial charge in [0, 0.05) is 36.5 Å². The fourth-order valence-corrected chi connectivity index (χ4v) is 3.02. The molecule has 0 saturated heterocycles. The second-order valence-corrected chi connectivity index (χ2v) is 6.13. The Balaban J connectivity index is 1.85. The van der Waals surface area contributed by atoms with E-state index in [4.69, 9.17) is 0 Å². The first-order chi connectivity index (χ1) is 12.3. The molecule has 0 fully saturated rings. The Morgan fingerprint density at radius 1 is 1.12 bits per heavy atom. The van der Waals surface area contributed by atoms with Crippen LogP contribution in [-0.2, 0) is 12.5 Å². The van der Waals surface area contributed by atoms with Crippen LogP contribution in [0, 0.1) is 11.6 Å². The van der Waals surface area contributed by atoms with Crippen molar-refractivity contribution in [1.82, 2.24) is 9.55 Å². The Labute approximate surface area is 146 Å². The van der Waals surface area contributed by atoms with Gasteiger partial charge in [-0.15, -0.1) is 0 Å². The molecule has 3 nitrogen and oxygen atoms in total. The van der Waals surface area contributed by atoms with Crippen molar-refractivity contribution in [3.05, 3.63) is 82.9 Å². The van der Waals surface area contributed by atoms with Crippen molar-refractivity contribution in [1.29, 1.82) is 0 Å². The normalized spacial score (nSPS) is 13.7. The zero-order valence-corrected chi connectivity index (χ0v) is 13.7. The van der Waals surface area contributed by atoms with Crippen LogP contribution in [0.1, 0.15) is 29.4 Å². The van der Waals surface area contributed by atoms with E-state index < -0.39 is 17.6 Å². The lowest BCUT2D eigenvalue weighted by molar-refractivity contribution is 0.0127. The average Bonchev–Trinajstić information content (AvgIpc) is 2.99. The molecular weight excluding hydrogens is 346 g/mol. The first kappa shape index (κ1) is 16.5. The lowest BCUT2D eigenvalue weighted by Gasteiger charge is -2.12. The third-order valence-electron chi connectivity index (χ3n) is 4.27. The number of hydrogen-bond donors (Lipinski definition) is 0. The smallest absolute Gasteiger partial charge is 0.286 e. The van der Waals surface area contributed by atoms with Gasteiger partial charge in [-0.05, 0) is 30.3 Å². The van der Waals surface area contributed by atoms with Crippen molar-refractivity contribution in [2.45, 2.75) is 19.4 Å². The molecule has 0 unspecified atom stereocenters. The average molecular weight is 359 g/mol. The van der Waals surface area contributed by atoms with E-state index in [0.29, 0.717) is 22.7 Å². The van der Waals surface area contributed by atoms with Crippen LogP contribution >= 0.6 is 0 Å². The summed E-state index contributed by atoms with van der Waals surface area (Å²) in [6.07, 6.45) is 2.99. The van der Waals surface area contributed by atoms with E-state index in [-0.39, 0.29) is 17.8 Å². The molecular formula is C19H13F4N3. The van der Waals surface area contributed by atoms with Gasteiger partial charge in [0.2, 0.25) is 0 Å². The number of halogens is 4. The van der Waals surface area contributed by atoms with Gasteiger partial charge in [-0.3, -0.25) is 9.98 Å². The first-order valence-electron chi connectivity index (χ1n) is 7.90. The van der Waals surface area contributed by atoms with Crippen LogP contribution in [0.15, 0.2) is 53.8 Å². The number of aromatic nitrogens is 2. The minimum atomic E-state index is -3.04. The number of rotatable bonds is 2. The van der Waals surface area contributed by atoms with E-state index in [1.807, 2.05) is 0 Å². The van der Waals surface area contributed by atoms with Crippen LogP contribution in [0.3, 0.4) is 0 Å². The molecule has 3 aromatic rings. The minimum absolute atomic E-state index is 0.00412. The number of aliphatic imine (C=N–C) groups is 1. The van der Waals surface area contributed by atoms with Crippen molar-refractivity contribution in [2.75, 3.05) is 0 Å². The summed E-state index contributed by atoms with van der Waals surface area (Å²) in [7, 11) is 0. The number of hydrogen-bond acceptors (Lipinski definition) is 2. The molecule has 0 N–H and O–H groups in total. The molecule has 1 aliphatic rings.